The second-order valence-corrected chi connectivity index (χ2v) is 11.1. The van der Waals surface area contributed by atoms with Crippen LogP contribution in [-0.2, 0) is 0 Å². The van der Waals surface area contributed by atoms with Crippen molar-refractivity contribution in [2.45, 2.75) is 20.8 Å². The minimum atomic E-state index is -1.02. The molecule has 6 rings (SSSR count). The maximum absolute atomic E-state index is 6.31. The largest absolute Gasteiger partial charge is 0.864 e. The lowest BCUT2D eigenvalue weighted by atomic mass is 10.0. The average molecular weight is 620 g/mol. The molecule has 0 radical (unpaired) electrons. The first-order chi connectivity index (χ1) is 22.9. The van der Waals surface area contributed by atoms with E-state index in [1.54, 1.807) is 0 Å². The molecule has 0 heterocycles. The molecule has 0 N–H and O–H groups in total. The Hall–Kier alpha value is -5.75. The molecular formula is C39H34B2O6. The van der Waals surface area contributed by atoms with E-state index < -0.39 is 14.6 Å². The fourth-order valence-corrected chi connectivity index (χ4v) is 4.75. The zero-order valence-electron chi connectivity index (χ0n) is 26.5. The predicted molar refractivity (Wildman–Crippen MR) is 187 cm³/mol. The maximum atomic E-state index is 6.31. The highest BCUT2D eigenvalue weighted by atomic mass is 16.7. The molecule has 6 aromatic carbocycles. The molecule has 0 aliphatic rings. The van der Waals surface area contributed by atoms with Gasteiger partial charge in [0, 0.05) is 0 Å². The third-order valence-corrected chi connectivity index (χ3v) is 7.16. The van der Waals surface area contributed by atoms with Gasteiger partial charge in [-0.2, -0.15) is 0 Å². The molecular weight excluding hydrogens is 586 g/mol. The van der Waals surface area contributed by atoms with E-state index in [9.17, 15) is 0 Å². The van der Waals surface area contributed by atoms with Crippen LogP contribution in [0.1, 0.15) is 16.7 Å². The molecule has 6 nitrogen and oxygen atoms in total. The van der Waals surface area contributed by atoms with Crippen LogP contribution in [-0.4, -0.2) is 14.6 Å². The minimum Gasteiger partial charge on any atom is -0.490 e. The van der Waals surface area contributed by atoms with Gasteiger partial charge in [0.25, 0.3) is 0 Å². The molecule has 0 fully saturated rings. The third-order valence-electron chi connectivity index (χ3n) is 7.16. The van der Waals surface area contributed by atoms with Gasteiger partial charge in [0.05, 0.1) is 0 Å². The monoisotopic (exact) mass is 620 g/mol. The molecule has 0 spiro atoms. The Morgan fingerprint density at radius 2 is 0.660 bits per heavy atom. The lowest BCUT2D eigenvalue weighted by Crippen LogP contribution is -2.37. The maximum Gasteiger partial charge on any atom is 0.864 e. The Morgan fingerprint density at radius 3 is 1.09 bits per heavy atom. The highest BCUT2D eigenvalue weighted by Gasteiger charge is 2.31. The van der Waals surface area contributed by atoms with Gasteiger partial charge in [0.1, 0.15) is 34.5 Å². The number of benzene rings is 6. The van der Waals surface area contributed by atoms with E-state index in [2.05, 4.69) is 6.07 Å². The quantitative estimate of drug-likeness (QED) is 0.120. The molecule has 0 aliphatic heterocycles. The van der Waals surface area contributed by atoms with Crippen molar-refractivity contribution >= 4 is 14.6 Å². The smallest absolute Gasteiger partial charge is 0.490 e. The Bertz CT molecular complexity index is 1760. The molecule has 0 aromatic heterocycles. The van der Waals surface area contributed by atoms with Crippen LogP contribution < -0.4 is 27.9 Å². The summed E-state index contributed by atoms with van der Waals surface area (Å²) in [4.78, 5) is 0. The zero-order chi connectivity index (χ0) is 32.4. The molecule has 0 saturated carbocycles. The summed E-state index contributed by atoms with van der Waals surface area (Å²) in [5.41, 5.74) is 5.24. The van der Waals surface area contributed by atoms with Crippen LogP contribution >= 0.6 is 0 Å². The summed E-state index contributed by atoms with van der Waals surface area (Å²) >= 11 is 0. The Kier molecular flexibility index (Phi) is 9.98. The van der Waals surface area contributed by atoms with Gasteiger partial charge >= 0.3 is 14.6 Å². The molecule has 8 heteroatoms. The minimum absolute atomic E-state index is 0.591. The summed E-state index contributed by atoms with van der Waals surface area (Å²) in [6, 6.07) is 48.2. The first-order valence-corrected chi connectivity index (χ1v) is 15.4. The summed E-state index contributed by atoms with van der Waals surface area (Å²) in [7, 11) is -2.01. The van der Waals surface area contributed by atoms with E-state index in [0.717, 1.165) is 27.8 Å². The van der Waals surface area contributed by atoms with Crippen LogP contribution in [0.4, 0.5) is 0 Å². The molecule has 47 heavy (non-hydrogen) atoms. The average Bonchev–Trinajstić information content (AvgIpc) is 3.08. The molecule has 0 saturated heterocycles. The van der Waals surface area contributed by atoms with Crippen molar-refractivity contribution in [3.8, 4) is 45.6 Å². The molecule has 0 unspecified atom stereocenters. The highest BCUT2D eigenvalue weighted by Crippen LogP contribution is 2.29. The number of rotatable bonds is 13. The van der Waals surface area contributed by atoms with Gasteiger partial charge < -0.3 is 27.9 Å². The van der Waals surface area contributed by atoms with Gasteiger partial charge in [0.15, 0.2) is 0 Å². The first kappa shape index (κ1) is 31.2. The van der Waals surface area contributed by atoms with Crippen molar-refractivity contribution in [3.05, 3.63) is 168 Å². The van der Waals surface area contributed by atoms with Gasteiger partial charge in [0.2, 0.25) is 0 Å². The highest BCUT2D eigenvalue weighted by molar-refractivity contribution is 6.40. The van der Waals surface area contributed by atoms with Gasteiger partial charge in [-0.05, 0) is 110 Å². The molecule has 6 aromatic rings. The summed E-state index contributed by atoms with van der Waals surface area (Å²) < 4.78 is 36.8. The van der Waals surface area contributed by atoms with Crippen LogP contribution in [0, 0.1) is 20.8 Å². The van der Waals surface area contributed by atoms with Gasteiger partial charge in [-0.1, -0.05) is 90.0 Å². The summed E-state index contributed by atoms with van der Waals surface area (Å²) in [6.07, 6.45) is 0. The fraction of sp³-hybridized carbons (Fsp3) is 0.0769. The van der Waals surface area contributed by atoms with Crippen molar-refractivity contribution in [1.82, 2.24) is 0 Å². The number of hydrogen-bond acceptors (Lipinski definition) is 6. The van der Waals surface area contributed by atoms with Crippen LogP contribution in [0.2, 0.25) is 0 Å². The number of hydrogen-bond donors (Lipinski definition) is 0. The Labute approximate surface area is 276 Å². The van der Waals surface area contributed by atoms with E-state index in [1.165, 1.54) is 0 Å². The lowest BCUT2D eigenvalue weighted by molar-refractivity contribution is 0.306. The standard InChI is InChI=1S/C39H34B2O6/c1-29-14-20-36(21-15-29)44-41(45-37-22-16-30(2)17-23-37)47-39-27-31(3)26-33(28-39)32-18-24-38(25-19-32)46-40(42-34-10-6-4-7-11-34)43-35-12-8-5-9-13-35/h4-28H,1-3H3. The van der Waals surface area contributed by atoms with E-state index in [-0.39, 0.29) is 0 Å². The van der Waals surface area contributed by atoms with Crippen molar-refractivity contribution < 1.29 is 27.9 Å². The van der Waals surface area contributed by atoms with Crippen molar-refractivity contribution in [3.63, 3.8) is 0 Å². The van der Waals surface area contributed by atoms with Crippen LogP contribution in [0.5, 0.6) is 34.5 Å². The summed E-state index contributed by atoms with van der Waals surface area (Å²) in [5.74, 6) is 3.75. The van der Waals surface area contributed by atoms with Crippen LogP contribution in [0.15, 0.2) is 152 Å². The van der Waals surface area contributed by atoms with E-state index in [0.29, 0.717) is 34.5 Å². The SMILES string of the molecule is Cc1ccc(OB(Oc2ccc(C)cc2)Oc2cc(C)cc(-c3ccc(OB(Oc4ccccc4)Oc4ccccc4)cc3)c2)cc1. The fourth-order valence-electron chi connectivity index (χ4n) is 4.75. The van der Waals surface area contributed by atoms with E-state index >= 15 is 0 Å². The Balaban J connectivity index is 1.19. The van der Waals surface area contributed by atoms with E-state index in [4.69, 9.17) is 27.9 Å². The third kappa shape index (κ3) is 9.14. The van der Waals surface area contributed by atoms with E-state index in [1.807, 2.05) is 166 Å². The van der Waals surface area contributed by atoms with Crippen molar-refractivity contribution in [2.24, 2.45) is 0 Å². The predicted octanol–water partition coefficient (Wildman–Crippen LogP) is 9.32. The Morgan fingerprint density at radius 1 is 0.298 bits per heavy atom. The molecule has 0 amide bonds. The van der Waals surface area contributed by atoms with Gasteiger partial charge in [-0.3, -0.25) is 0 Å². The molecule has 0 atom stereocenters. The molecule has 0 aliphatic carbocycles. The van der Waals surface area contributed by atoms with Crippen molar-refractivity contribution in [2.75, 3.05) is 0 Å². The topological polar surface area (TPSA) is 55.4 Å². The zero-order valence-corrected chi connectivity index (χ0v) is 26.5. The lowest BCUT2D eigenvalue weighted by Gasteiger charge is -2.18. The summed E-state index contributed by atoms with van der Waals surface area (Å²) in [6.45, 7) is 6.09. The first-order valence-electron chi connectivity index (χ1n) is 15.4. The summed E-state index contributed by atoms with van der Waals surface area (Å²) in [5, 5.41) is 0. The normalized spacial score (nSPS) is 10.4. The molecule has 0 bridgehead atoms. The van der Waals surface area contributed by atoms with Crippen LogP contribution in [0.3, 0.4) is 0 Å². The number of para-hydroxylation sites is 2. The second-order valence-electron chi connectivity index (χ2n) is 11.1. The number of aryl methyl sites for hydroxylation is 3. The van der Waals surface area contributed by atoms with Crippen LogP contribution in [0.25, 0.3) is 11.1 Å². The molecule has 232 valence electrons. The van der Waals surface area contributed by atoms with Gasteiger partial charge in [-0.15, -0.1) is 0 Å². The van der Waals surface area contributed by atoms with Crippen molar-refractivity contribution in [1.29, 1.82) is 0 Å². The second kappa shape index (κ2) is 15.0. The van der Waals surface area contributed by atoms with Gasteiger partial charge in [-0.25, -0.2) is 0 Å².